The van der Waals surface area contributed by atoms with Gasteiger partial charge in [-0.3, -0.25) is 4.99 Å². The fourth-order valence-corrected chi connectivity index (χ4v) is 2.28. The predicted octanol–water partition coefficient (Wildman–Crippen LogP) is 1.95. The molecule has 0 spiro atoms. The van der Waals surface area contributed by atoms with Gasteiger partial charge in [-0.05, 0) is 24.3 Å². The van der Waals surface area contributed by atoms with E-state index in [2.05, 4.69) is 25.9 Å². The molecule has 0 aliphatic carbocycles. The average molecular weight is 327 g/mol. The molecule has 1 aliphatic rings. The highest BCUT2D eigenvalue weighted by Gasteiger charge is 2.12. The van der Waals surface area contributed by atoms with Crippen molar-refractivity contribution in [2.24, 2.45) is 4.99 Å². The molecule has 2 aromatic rings. The second-order valence-corrected chi connectivity index (χ2v) is 5.12. The molecule has 3 N–H and O–H groups in total. The van der Waals surface area contributed by atoms with Crippen molar-refractivity contribution in [3.63, 3.8) is 0 Å². The minimum Gasteiger partial charge on any atom is -0.486 e. The average Bonchev–Trinajstić information content (AvgIpc) is 2.65. The molecule has 24 heavy (non-hydrogen) atoms. The Morgan fingerprint density at radius 2 is 2.00 bits per heavy atom. The number of aliphatic imine (C=N–C) groups is 1. The number of nitrogens with one attached hydrogen (secondary N) is 3. The molecule has 2 heterocycles. The molecule has 0 saturated heterocycles. The summed E-state index contributed by atoms with van der Waals surface area (Å²) >= 11 is 0. The summed E-state index contributed by atoms with van der Waals surface area (Å²) in [6.45, 7) is 2.61. The molecule has 0 atom stereocenters. The van der Waals surface area contributed by atoms with E-state index in [1.165, 1.54) is 0 Å². The molecule has 1 aromatic heterocycles. The maximum absolute atomic E-state index is 5.58. The SMILES string of the molecule is CN=C(NCCNc1ccccn1)Nc1ccc2c(c1)OCCO2. The van der Waals surface area contributed by atoms with Gasteiger partial charge in [0.15, 0.2) is 17.5 Å². The first-order valence-electron chi connectivity index (χ1n) is 7.87. The number of benzene rings is 1. The van der Waals surface area contributed by atoms with Gasteiger partial charge >= 0.3 is 0 Å². The van der Waals surface area contributed by atoms with Gasteiger partial charge in [-0.15, -0.1) is 0 Å². The van der Waals surface area contributed by atoms with Crippen LogP contribution in [0.4, 0.5) is 11.5 Å². The number of aromatic nitrogens is 1. The van der Waals surface area contributed by atoms with Crippen LogP contribution in [0.3, 0.4) is 0 Å². The van der Waals surface area contributed by atoms with Gasteiger partial charge in [0.1, 0.15) is 19.0 Å². The summed E-state index contributed by atoms with van der Waals surface area (Å²) in [4.78, 5) is 8.43. The maximum atomic E-state index is 5.58. The van der Waals surface area contributed by atoms with Gasteiger partial charge in [-0.2, -0.15) is 0 Å². The Labute approximate surface area is 141 Å². The number of anilines is 2. The molecule has 0 amide bonds. The van der Waals surface area contributed by atoms with Gasteiger partial charge in [-0.25, -0.2) is 4.98 Å². The number of fused-ring (bicyclic) bond motifs is 1. The lowest BCUT2D eigenvalue weighted by Crippen LogP contribution is -2.34. The standard InChI is InChI=1S/C17H21N5O2/c1-18-17(21-9-8-20-16-4-2-3-7-19-16)22-13-5-6-14-15(12-13)24-11-10-23-14/h2-7,12H,8-11H2,1H3,(H,19,20)(H2,18,21,22). The fourth-order valence-electron chi connectivity index (χ4n) is 2.28. The van der Waals surface area contributed by atoms with E-state index in [-0.39, 0.29) is 0 Å². The normalized spacial score (nSPS) is 13.3. The van der Waals surface area contributed by atoms with E-state index in [0.29, 0.717) is 25.7 Å². The second-order valence-electron chi connectivity index (χ2n) is 5.12. The van der Waals surface area contributed by atoms with E-state index in [1.54, 1.807) is 13.2 Å². The van der Waals surface area contributed by atoms with E-state index < -0.39 is 0 Å². The highest BCUT2D eigenvalue weighted by Crippen LogP contribution is 2.32. The smallest absolute Gasteiger partial charge is 0.195 e. The third kappa shape index (κ3) is 4.28. The van der Waals surface area contributed by atoms with Gasteiger partial charge in [-0.1, -0.05) is 6.07 Å². The summed E-state index contributed by atoms with van der Waals surface area (Å²) in [5, 5.41) is 9.72. The van der Waals surface area contributed by atoms with E-state index in [1.807, 2.05) is 36.4 Å². The Kier molecular flexibility index (Phi) is 5.34. The van der Waals surface area contributed by atoms with Crippen LogP contribution in [0.25, 0.3) is 0 Å². The number of hydrogen-bond donors (Lipinski definition) is 3. The molecule has 0 radical (unpaired) electrons. The summed E-state index contributed by atoms with van der Waals surface area (Å²) in [5.74, 6) is 3.07. The first-order chi connectivity index (χ1) is 11.8. The van der Waals surface area contributed by atoms with Crippen LogP contribution in [0.1, 0.15) is 0 Å². The topological polar surface area (TPSA) is 79.8 Å². The summed E-state index contributed by atoms with van der Waals surface area (Å²) in [6, 6.07) is 11.5. The first kappa shape index (κ1) is 15.9. The predicted molar refractivity (Wildman–Crippen MR) is 95.1 cm³/mol. The van der Waals surface area contributed by atoms with E-state index in [4.69, 9.17) is 9.47 Å². The minimum absolute atomic E-state index is 0.572. The van der Waals surface area contributed by atoms with Crippen LogP contribution in [-0.4, -0.2) is 44.3 Å². The van der Waals surface area contributed by atoms with Crippen LogP contribution < -0.4 is 25.4 Å². The van der Waals surface area contributed by atoms with Crippen molar-refractivity contribution in [3.05, 3.63) is 42.6 Å². The van der Waals surface area contributed by atoms with E-state index in [9.17, 15) is 0 Å². The molecule has 126 valence electrons. The van der Waals surface area contributed by atoms with Crippen molar-refractivity contribution in [1.82, 2.24) is 10.3 Å². The molecule has 0 saturated carbocycles. The molecule has 7 heteroatoms. The van der Waals surface area contributed by atoms with Crippen molar-refractivity contribution in [2.75, 3.05) is 44.0 Å². The zero-order valence-electron chi connectivity index (χ0n) is 13.6. The number of pyridine rings is 1. The monoisotopic (exact) mass is 327 g/mol. The molecular weight excluding hydrogens is 306 g/mol. The van der Waals surface area contributed by atoms with Crippen molar-refractivity contribution < 1.29 is 9.47 Å². The van der Waals surface area contributed by atoms with E-state index in [0.717, 1.165) is 29.5 Å². The molecule has 3 rings (SSSR count). The highest BCUT2D eigenvalue weighted by molar-refractivity contribution is 5.93. The fraction of sp³-hybridized carbons (Fsp3) is 0.294. The van der Waals surface area contributed by atoms with Crippen LogP contribution in [0.2, 0.25) is 0 Å². The van der Waals surface area contributed by atoms with Gasteiger partial charge in [0.2, 0.25) is 0 Å². The van der Waals surface area contributed by atoms with Crippen LogP contribution in [-0.2, 0) is 0 Å². The van der Waals surface area contributed by atoms with Gasteiger partial charge in [0.25, 0.3) is 0 Å². The number of guanidine groups is 1. The van der Waals surface area contributed by atoms with Crippen LogP contribution >= 0.6 is 0 Å². The van der Waals surface area contributed by atoms with Crippen molar-refractivity contribution in [3.8, 4) is 11.5 Å². The number of nitrogens with zero attached hydrogens (tertiary/aromatic N) is 2. The Balaban J connectivity index is 1.48. The van der Waals surface area contributed by atoms with Crippen molar-refractivity contribution >= 4 is 17.5 Å². The molecule has 0 fully saturated rings. The maximum Gasteiger partial charge on any atom is 0.195 e. The lowest BCUT2D eigenvalue weighted by Gasteiger charge is -2.19. The first-order valence-corrected chi connectivity index (χ1v) is 7.87. The highest BCUT2D eigenvalue weighted by atomic mass is 16.6. The van der Waals surface area contributed by atoms with Crippen LogP contribution in [0.15, 0.2) is 47.6 Å². The van der Waals surface area contributed by atoms with Gasteiger partial charge < -0.3 is 25.4 Å². The Morgan fingerprint density at radius 1 is 1.12 bits per heavy atom. The lowest BCUT2D eigenvalue weighted by molar-refractivity contribution is 0.171. The summed E-state index contributed by atoms with van der Waals surface area (Å²) in [7, 11) is 1.74. The molecule has 7 nitrogen and oxygen atoms in total. The van der Waals surface area contributed by atoms with E-state index >= 15 is 0 Å². The Bertz CT molecular complexity index is 691. The molecular formula is C17H21N5O2. The number of rotatable bonds is 5. The van der Waals surface area contributed by atoms with Crippen LogP contribution in [0, 0.1) is 0 Å². The zero-order chi connectivity index (χ0) is 16.6. The lowest BCUT2D eigenvalue weighted by atomic mass is 10.2. The van der Waals surface area contributed by atoms with Gasteiger partial charge in [0.05, 0.1) is 0 Å². The quantitative estimate of drug-likeness (QED) is 0.442. The third-order valence-corrected chi connectivity index (χ3v) is 3.42. The molecule has 0 unspecified atom stereocenters. The van der Waals surface area contributed by atoms with Crippen molar-refractivity contribution in [1.29, 1.82) is 0 Å². The zero-order valence-corrected chi connectivity index (χ0v) is 13.6. The minimum atomic E-state index is 0.572. The summed E-state index contributed by atoms with van der Waals surface area (Å²) < 4.78 is 11.1. The van der Waals surface area contributed by atoms with Crippen molar-refractivity contribution in [2.45, 2.75) is 0 Å². The Hall–Kier alpha value is -2.96. The molecule has 0 bridgehead atoms. The summed E-state index contributed by atoms with van der Waals surface area (Å²) in [5.41, 5.74) is 0.894. The number of hydrogen-bond acceptors (Lipinski definition) is 5. The van der Waals surface area contributed by atoms with Gasteiger partial charge in [0, 0.05) is 38.1 Å². The largest absolute Gasteiger partial charge is 0.486 e. The second kappa shape index (κ2) is 8.05. The number of ether oxygens (including phenoxy) is 2. The molecule has 1 aliphatic heterocycles. The molecule has 1 aromatic carbocycles. The Morgan fingerprint density at radius 3 is 2.79 bits per heavy atom. The third-order valence-electron chi connectivity index (χ3n) is 3.42. The van der Waals surface area contributed by atoms with Crippen LogP contribution in [0.5, 0.6) is 11.5 Å². The summed E-state index contributed by atoms with van der Waals surface area (Å²) in [6.07, 6.45) is 1.76.